The Morgan fingerprint density at radius 3 is 2.73 bits per heavy atom. The lowest BCUT2D eigenvalue weighted by atomic mass is 9.72. The molecule has 124 valence electrons. The monoisotopic (exact) mass is 303 g/mol. The number of ether oxygens (including phenoxy) is 1. The van der Waals surface area contributed by atoms with Gasteiger partial charge in [-0.3, -0.25) is 0 Å². The zero-order valence-electron chi connectivity index (χ0n) is 14.7. The molecule has 0 amide bonds. The van der Waals surface area contributed by atoms with Gasteiger partial charge in [-0.25, -0.2) is 0 Å². The minimum Gasteiger partial charge on any atom is -0.494 e. The third kappa shape index (κ3) is 2.62. The summed E-state index contributed by atoms with van der Waals surface area (Å²) in [6, 6.07) is 0.663. The highest BCUT2D eigenvalue weighted by Gasteiger charge is 2.45. The van der Waals surface area contributed by atoms with Gasteiger partial charge in [0.1, 0.15) is 11.9 Å². The van der Waals surface area contributed by atoms with E-state index in [4.69, 9.17) is 4.74 Å². The quantitative estimate of drug-likeness (QED) is 0.761. The highest BCUT2D eigenvalue weighted by atomic mass is 16.5. The molecule has 0 aromatic heterocycles. The molecular formula is C20H33NO. The zero-order valence-corrected chi connectivity index (χ0v) is 14.7. The average Bonchev–Trinajstić information content (AvgIpc) is 2.84. The molecule has 5 atom stereocenters. The lowest BCUT2D eigenvalue weighted by Gasteiger charge is -2.40. The Bertz CT molecular complexity index is 456. The van der Waals surface area contributed by atoms with E-state index in [1.54, 1.807) is 5.57 Å². The summed E-state index contributed by atoms with van der Waals surface area (Å²) in [5.41, 5.74) is 2.21. The van der Waals surface area contributed by atoms with Gasteiger partial charge in [0.2, 0.25) is 0 Å². The largest absolute Gasteiger partial charge is 0.494 e. The van der Waals surface area contributed by atoms with E-state index in [0.29, 0.717) is 23.5 Å². The van der Waals surface area contributed by atoms with Gasteiger partial charge in [0, 0.05) is 24.4 Å². The number of rotatable bonds is 1. The fourth-order valence-electron chi connectivity index (χ4n) is 5.43. The van der Waals surface area contributed by atoms with Crippen molar-refractivity contribution in [2.45, 2.75) is 84.3 Å². The van der Waals surface area contributed by atoms with E-state index in [-0.39, 0.29) is 0 Å². The molecule has 1 N–H and O–H groups in total. The van der Waals surface area contributed by atoms with Crippen LogP contribution < -0.4 is 5.32 Å². The van der Waals surface area contributed by atoms with Crippen molar-refractivity contribution < 1.29 is 4.74 Å². The molecule has 0 radical (unpaired) electrons. The van der Waals surface area contributed by atoms with Crippen LogP contribution in [0.2, 0.25) is 0 Å². The van der Waals surface area contributed by atoms with E-state index in [9.17, 15) is 0 Å². The van der Waals surface area contributed by atoms with Crippen molar-refractivity contribution in [1.29, 1.82) is 0 Å². The maximum Gasteiger partial charge on any atom is 0.105 e. The second-order valence-corrected chi connectivity index (χ2v) is 9.26. The van der Waals surface area contributed by atoms with Gasteiger partial charge in [0.25, 0.3) is 0 Å². The Kier molecular flexibility index (Phi) is 3.79. The normalized spacial score (nSPS) is 44.2. The van der Waals surface area contributed by atoms with E-state index >= 15 is 0 Å². The molecule has 22 heavy (non-hydrogen) atoms. The maximum atomic E-state index is 6.60. The SMILES string of the molecule is CC1CCC2C3=C(OC2C1)C(C1CCC(C)(C)CN1)CCC3. The molecule has 5 unspecified atom stereocenters. The van der Waals surface area contributed by atoms with Crippen molar-refractivity contribution in [3.8, 4) is 0 Å². The molecule has 2 aliphatic heterocycles. The number of hydrogen-bond donors (Lipinski definition) is 1. The topological polar surface area (TPSA) is 21.3 Å². The summed E-state index contributed by atoms with van der Waals surface area (Å²) < 4.78 is 6.60. The van der Waals surface area contributed by atoms with Crippen LogP contribution in [0, 0.1) is 23.2 Å². The van der Waals surface area contributed by atoms with Gasteiger partial charge in [0.15, 0.2) is 0 Å². The summed E-state index contributed by atoms with van der Waals surface area (Å²) in [4.78, 5) is 0. The lowest BCUT2D eigenvalue weighted by molar-refractivity contribution is 0.0417. The molecule has 2 heterocycles. The minimum atomic E-state index is 0.475. The molecule has 4 aliphatic rings. The summed E-state index contributed by atoms with van der Waals surface area (Å²) in [5, 5.41) is 3.87. The summed E-state index contributed by atoms with van der Waals surface area (Å²) >= 11 is 0. The smallest absolute Gasteiger partial charge is 0.105 e. The van der Waals surface area contributed by atoms with Crippen LogP contribution in [0.3, 0.4) is 0 Å². The maximum absolute atomic E-state index is 6.60. The first kappa shape index (κ1) is 15.1. The first-order valence-corrected chi connectivity index (χ1v) is 9.66. The van der Waals surface area contributed by atoms with Crippen LogP contribution in [0.25, 0.3) is 0 Å². The molecule has 0 bridgehead atoms. The van der Waals surface area contributed by atoms with Gasteiger partial charge >= 0.3 is 0 Å². The number of fused-ring (bicyclic) bond motifs is 2. The van der Waals surface area contributed by atoms with Crippen molar-refractivity contribution >= 4 is 0 Å². The van der Waals surface area contributed by atoms with Gasteiger partial charge < -0.3 is 10.1 Å². The standard InChI is InChI=1S/C20H33NO/c1-13-7-8-14-15-5-4-6-16(19(15)22-18(14)11-13)17-9-10-20(2,3)12-21-17/h13-14,16-18,21H,4-12H2,1-3H3. The van der Waals surface area contributed by atoms with Gasteiger partial charge in [-0.15, -0.1) is 0 Å². The molecule has 4 rings (SSSR count). The summed E-state index contributed by atoms with van der Waals surface area (Å²) in [7, 11) is 0. The molecule has 1 saturated heterocycles. The van der Waals surface area contributed by atoms with E-state index in [1.165, 1.54) is 63.7 Å². The molecule has 2 aliphatic carbocycles. The summed E-state index contributed by atoms with van der Waals surface area (Å²) in [5.74, 6) is 3.75. The molecule has 2 fully saturated rings. The number of nitrogens with one attached hydrogen (secondary N) is 1. The summed E-state index contributed by atoms with van der Waals surface area (Å²) in [6.45, 7) is 8.35. The minimum absolute atomic E-state index is 0.475. The predicted molar refractivity (Wildman–Crippen MR) is 90.6 cm³/mol. The van der Waals surface area contributed by atoms with Gasteiger partial charge in [0.05, 0.1) is 0 Å². The van der Waals surface area contributed by atoms with E-state index in [2.05, 4.69) is 26.1 Å². The Labute approximate surface area is 136 Å². The lowest BCUT2D eigenvalue weighted by Crippen LogP contribution is -2.47. The Morgan fingerprint density at radius 1 is 1.09 bits per heavy atom. The van der Waals surface area contributed by atoms with Crippen LogP contribution in [0.5, 0.6) is 0 Å². The number of piperidine rings is 1. The highest BCUT2D eigenvalue weighted by Crippen LogP contribution is 2.50. The molecular weight excluding hydrogens is 270 g/mol. The fraction of sp³-hybridized carbons (Fsp3) is 0.900. The Balaban J connectivity index is 1.51. The Hall–Kier alpha value is -0.500. The van der Waals surface area contributed by atoms with Crippen LogP contribution in [0.1, 0.15) is 72.1 Å². The average molecular weight is 303 g/mol. The highest BCUT2D eigenvalue weighted by molar-refractivity contribution is 5.26. The van der Waals surface area contributed by atoms with Crippen LogP contribution >= 0.6 is 0 Å². The van der Waals surface area contributed by atoms with Crippen molar-refractivity contribution in [2.24, 2.45) is 23.2 Å². The third-order valence-electron chi connectivity index (χ3n) is 6.85. The first-order valence-electron chi connectivity index (χ1n) is 9.66. The molecule has 2 heteroatoms. The number of hydrogen-bond acceptors (Lipinski definition) is 2. The molecule has 2 nitrogen and oxygen atoms in total. The van der Waals surface area contributed by atoms with Crippen LogP contribution in [-0.2, 0) is 4.74 Å². The predicted octanol–water partition coefficient (Wildman–Crippen LogP) is 4.65. The van der Waals surface area contributed by atoms with Gasteiger partial charge in [-0.2, -0.15) is 0 Å². The molecule has 0 aromatic rings. The summed E-state index contributed by atoms with van der Waals surface area (Å²) in [6.07, 6.45) is 11.3. The van der Waals surface area contributed by atoms with Crippen molar-refractivity contribution in [2.75, 3.05) is 6.54 Å². The van der Waals surface area contributed by atoms with E-state index < -0.39 is 0 Å². The fourth-order valence-corrected chi connectivity index (χ4v) is 5.43. The first-order chi connectivity index (χ1) is 10.5. The molecule has 0 spiro atoms. The van der Waals surface area contributed by atoms with Crippen LogP contribution in [-0.4, -0.2) is 18.7 Å². The van der Waals surface area contributed by atoms with Crippen molar-refractivity contribution in [3.05, 3.63) is 11.3 Å². The second-order valence-electron chi connectivity index (χ2n) is 9.26. The van der Waals surface area contributed by atoms with Gasteiger partial charge in [-0.1, -0.05) is 20.8 Å². The third-order valence-corrected chi connectivity index (χ3v) is 6.85. The van der Waals surface area contributed by atoms with Crippen LogP contribution in [0.4, 0.5) is 0 Å². The molecule has 0 aromatic carbocycles. The zero-order chi connectivity index (χ0) is 15.3. The Morgan fingerprint density at radius 2 is 1.95 bits per heavy atom. The molecule has 1 saturated carbocycles. The van der Waals surface area contributed by atoms with Crippen molar-refractivity contribution in [1.82, 2.24) is 5.32 Å². The van der Waals surface area contributed by atoms with Gasteiger partial charge in [-0.05, 0) is 68.3 Å². The van der Waals surface area contributed by atoms with Crippen molar-refractivity contribution in [3.63, 3.8) is 0 Å². The van der Waals surface area contributed by atoms with E-state index in [0.717, 1.165) is 11.8 Å². The van der Waals surface area contributed by atoms with Crippen LogP contribution in [0.15, 0.2) is 11.3 Å². The van der Waals surface area contributed by atoms with E-state index in [1.807, 2.05) is 0 Å². The second kappa shape index (κ2) is 5.54.